The SMILES string of the molecule is COc1ccc2ncc(CN)c([C@H](O)CCC3(CO)CCN(CC#Cc4c(F)cc(F)cc4F)CC3)c2c1. The van der Waals surface area contributed by atoms with Crippen molar-refractivity contribution in [2.45, 2.75) is 38.3 Å². The first kappa shape index (κ1) is 27.9. The lowest BCUT2D eigenvalue weighted by molar-refractivity contribution is 0.0272. The van der Waals surface area contributed by atoms with E-state index in [1.807, 2.05) is 23.1 Å². The third-order valence-electron chi connectivity index (χ3n) is 7.48. The summed E-state index contributed by atoms with van der Waals surface area (Å²) in [5.41, 5.74) is 7.39. The molecule has 4 rings (SSSR count). The van der Waals surface area contributed by atoms with Gasteiger partial charge in [-0.05, 0) is 73.5 Å². The van der Waals surface area contributed by atoms with Crippen molar-refractivity contribution in [2.75, 3.05) is 33.4 Å². The van der Waals surface area contributed by atoms with Gasteiger partial charge in [0.2, 0.25) is 0 Å². The molecule has 38 heavy (non-hydrogen) atoms. The van der Waals surface area contributed by atoms with Gasteiger partial charge in [0.25, 0.3) is 0 Å². The van der Waals surface area contributed by atoms with Gasteiger partial charge < -0.3 is 20.7 Å². The third kappa shape index (κ3) is 6.11. The van der Waals surface area contributed by atoms with Crippen LogP contribution >= 0.6 is 0 Å². The molecule has 6 nitrogen and oxygen atoms in total. The monoisotopic (exact) mass is 527 g/mol. The van der Waals surface area contributed by atoms with Crippen LogP contribution in [0.1, 0.15) is 48.5 Å². The number of nitrogens with two attached hydrogens (primary N) is 1. The Morgan fingerprint density at radius 3 is 2.50 bits per heavy atom. The van der Waals surface area contributed by atoms with E-state index in [0.29, 0.717) is 63.2 Å². The summed E-state index contributed by atoms with van der Waals surface area (Å²) in [5.74, 6) is 2.87. The predicted molar refractivity (Wildman–Crippen MR) is 139 cm³/mol. The highest BCUT2D eigenvalue weighted by molar-refractivity contribution is 5.85. The molecule has 0 saturated carbocycles. The maximum atomic E-state index is 13.8. The zero-order chi connectivity index (χ0) is 27.3. The van der Waals surface area contributed by atoms with E-state index < -0.39 is 29.1 Å². The number of piperidine rings is 1. The standard InChI is InChI=1S/C29H32F3N3O3/c1-38-21-4-5-26-23(15-21)28(19(16-33)17-34-26)27(37)6-7-29(18-36)8-11-35(12-9-29)10-2-3-22-24(31)13-20(30)14-25(22)32/h4-5,13-15,17,27,36-37H,6-12,16,18,33H2,1H3/t27-/m1/s1. The lowest BCUT2D eigenvalue weighted by atomic mass is 9.74. The Morgan fingerprint density at radius 1 is 1.16 bits per heavy atom. The van der Waals surface area contributed by atoms with Crippen molar-refractivity contribution in [1.82, 2.24) is 9.88 Å². The number of aliphatic hydroxyl groups excluding tert-OH is 2. The van der Waals surface area contributed by atoms with Gasteiger partial charge in [0.05, 0.1) is 30.8 Å². The van der Waals surface area contributed by atoms with Crippen molar-refractivity contribution in [1.29, 1.82) is 0 Å². The molecule has 3 aromatic rings. The minimum Gasteiger partial charge on any atom is -0.497 e. The van der Waals surface area contributed by atoms with Crippen LogP contribution in [0, 0.1) is 34.7 Å². The molecule has 4 N–H and O–H groups in total. The van der Waals surface area contributed by atoms with Crippen LogP contribution in [-0.2, 0) is 6.54 Å². The molecule has 0 amide bonds. The normalized spacial score (nSPS) is 16.2. The molecule has 1 fully saturated rings. The highest BCUT2D eigenvalue weighted by Crippen LogP contribution is 2.39. The fourth-order valence-corrected chi connectivity index (χ4v) is 5.08. The number of hydrogen-bond donors (Lipinski definition) is 3. The van der Waals surface area contributed by atoms with E-state index in [4.69, 9.17) is 10.5 Å². The number of rotatable bonds is 8. The predicted octanol–water partition coefficient (Wildman–Crippen LogP) is 4.06. The number of nitrogens with zero attached hydrogens (tertiary/aromatic N) is 2. The molecule has 0 unspecified atom stereocenters. The van der Waals surface area contributed by atoms with E-state index in [-0.39, 0.29) is 18.6 Å². The number of hydrogen-bond acceptors (Lipinski definition) is 6. The Bertz CT molecular complexity index is 1320. The molecule has 1 atom stereocenters. The largest absolute Gasteiger partial charge is 0.497 e. The van der Waals surface area contributed by atoms with E-state index in [9.17, 15) is 23.4 Å². The van der Waals surface area contributed by atoms with Crippen molar-refractivity contribution < 1.29 is 28.1 Å². The Kier molecular flexibility index (Phi) is 8.90. The van der Waals surface area contributed by atoms with Gasteiger partial charge in [-0.15, -0.1) is 0 Å². The van der Waals surface area contributed by atoms with Gasteiger partial charge in [-0.1, -0.05) is 11.8 Å². The molecule has 1 aliphatic heterocycles. The molecule has 202 valence electrons. The van der Waals surface area contributed by atoms with E-state index in [1.165, 1.54) is 0 Å². The van der Waals surface area contributed by atoms with Crippen LogP contribution in [-0.4, -0.2) is 53.4 Å². The van der Waals surface area contributed by atoms with Crippen LogP contribution in [0.4, 0.5) is 13.2 Å². The van der Waals surface area contributed by atoms with Crippen molar-refractivity contribution >= 4 is 10.9 Å². The minimum absolute atomic E-state index is 0.0140. The average Bonchev–Trinajstić information content (AvgIpc) is 2.92. The fraction of sp³-hybridized carbons (Fsp3) is 0.414. The van der Waals surface area contributed by atoms with Crippen molar-refractivity contribution in [3.05, 3.63) is 70.7 Å². The molecule has 9 heteroatoms. The zero-order valence-corrected chi connectivity index (χ0v) is 21.3. The maximum Gasteiger partial charge on any atom is 0.144 e. The molecule has 2 heterocycles. The Morgan fingerprint density at radius 2 is 1.87 bits per heavy atom. The summed E-state index contributed by atoms with van der Waals surface area (Å²) in [6.07, 6.45) is 3.32. The van der Waals surface area contributed by atoms with Gasteiger partial charge in [-0.2, -0.15) is 0 Å². The summed E-state index contributed by atoms with van der Waals surface area (Å²) in [5, 5.41) is 22.3. The van der Waals surface area contributed by atoms with Gasteiger partial charge in [0.15, 0.2) is 0 Å². The van der Waals surface area contributed by atoms with Gasteiger partial charge in [0, 0.05) is 36.9 Å². The zero-order valence-electron chi connectivity index (χ0n) is 21.3. The topological polar surface area (TPSA) is 91.8 Å². The Labute approximate surface area is 220 Å². The van der Waals surface area contributed by atoms with Crippen molar-refractivity contribution in [2.24, 2.45) is 11.1 Å². The molecule has 0 aliphatic carbocycles. The third-order valence-corrected chi connectivity index (χ3v) is 7.48. The second-order valence-electron chi connectivity index (χ2n) is 9.82. The summed E-state index contributed by atoms with van der Waals surface area (Å²) in [7, 11) is 1.58. The number of fused-ring (bicyclic) bond motifs is 1. The maximum absolute atomic E-state index is 13.8. The molecular formula is C29H32F3N3O3. The van der Waals surface area contributed by atoms with Gasteiger partial charge in [-0.3, -0.25) is 9.88 Å². The van der Waals surface area contributed by atoms with Crippen LogP contribution in [0.3, 0.4) is 0 Å². The summed E-state index contributed by atoms with van der Waals surface area (Å²) >= 11 is 0. The number of ether oxygens (including phenoxy) is 1. The average molecular weight is 528 g/mol. The lowest BCUT2D eigenvalue weighted by Crippen LogP contribution is -2.42. The number of aromatic nitrogens is 1. The van der Waals surface area contributed by atoms with E-state index in [0.717, 1.165) is 22.0 Å². The lowest BCUT2D eigenvalue weighted by Gasteiger charge is -2.40. The molecule has 2 aromatic carbocycles. The summed E-state index contributed by atoms with van der Waals surface area (Å²) < 4.78 is 46.1. The number of methoxy groups -OCH3 is 1. The van der Waals surface area contributed by atoms with Crippen LogP contribution in [0.2, 0.25) is 0 Å². The van der Waals surface area contributed by atoms with Gasteiger partial charge >= 0.3 is 0 Å². The molecular weight excluding hydrogens is 495 g/mol. The van der Waals surface area contributed by atoms with E-state index in [1.54, 1.807) is 13.3 Å². The Balaban J connectivity index is 1.40. The smallest absolute Gasteiger partial charge is 0.144 e. The summed E-state index contributed by atoms with van der Waals surface area (Å²) in [4.78, 5) is 6.50. The molecule has 1 aliphatic rings. The molecule has 1 aromatic heterocycles. The second-order valence-corrected chi connectivity index (χ2v) is 9.82. The van der Waals surface area contributed by atoms with Crippen LogP contribution in [0.15, 0.2) is 36.5 Å². The molecule has 0 radical (unpaired) electrons. The summed E-state index contributed by atoms with van der Waals surface area (Å²) in [6, 6.07) is 6.74. The van der Waals surface area contributed by atoms with Crippen LogP contribution < -0.4 is 10.5 Å². The highest BCUT2D eigenvalue weighted by atomic mass is 19.1. The molecule has 1 saturated heterocycles. The Hall–Kier alpha value is -3.16. The van der Waals surface area contributed by atoms with Crippen molar-refractivity contribution in [3.8, 4) is 17.6 Å². The van der Waals surface area contributed by atoms with Crippen molar-refractivity contribution in [3.63, 3.8) is 0 Å². The first-order valence-corrected chi connectivity index (χ1v) is 12.6. The number of aliphatic hydroxyl groups is 2. The second kappa shape index (κ2) is 12.1. The van der Waals surface area contributed by atoms with Crippen LogP contribution in [0.5, 0.6) is 5.75 Å². The quantitative estimate of drug-likeness (QED) is 0.383. The van der Waals surface area contributed by atoms with Gasteiger partial charge in [-0.25, -0.2) is 13.2 Å². The first-order valence-electron chi connectivity index (χ1n) is 12.6. The van der Waals surface area contributed by atoms with Crippen LogP contribution in [0.25, 0.3) is 10.9 Å². The minimum atomic E-state index is -1.02. The first-order chi connectivity index (χ1) is 18.3. The molecule has 0 spiro atoms. The van der Waals surface area contributed by atoms with E-state index in [2.05, 4.69) is 16.8 Å². The van der Waals surface area contributed by atoms with Gasteiger partial charge in [0.1, 0.15) is 23.2 Å². The number of pyridine rings is 1. The number of halogens is 3. The molecule has 0 bridgehead atoms. The fourth-order valence-electron chi connectivity index (χ4n) is 5.08. The number of benzene rings is 2. The highest BCUT2D eigenvalue weighted by Gasteiger charge is 2.34. The number of likely N-dealkylation sites (tertiary alicyclic amines) is 1. The summed E-state index contributed by atoms with van der Waals surface area (Å²) in [6.45, 7) is 1.80. The van der Waals surface area contributed by atoms with E-state index >= 15 is 0 Å².